The Hall–Kier alpha value is -0.860. The van der Waals surface area contributed by atoms with E-state index in [0.717, 1.165) is 5.92 Å². The van der Waals surface area contributed by atoms with Crippen LogP contribution in [0.2, 0.25) is 0 Å². The van der Waals surface area contributed by atoms with Crippen molar-refractivity contribution in [3.8, 4) is 0 Å². The molecule has 3 rings (SSSR count). The van der Waals surface area contributed by atoms with Crippen molar-refractivity contribution in [2.75, 3.05) is 20.1 Å². The molecule has 2 aliphatic rings. The molecular weight excluding hydrogens is 232 g/mol. The zero-order chi connectivity index (χ0) is 13.2. The summed E-state index contributed by atoms with van der Waals surface area (Å²) in [6.45, 7) is 4.88. The molecule has 1 N–H and O–H groups in total. The van der Waals surface area contributed by atoms with E-state index in [-0.39, 0.29) is 0 Å². The highest BCUT2D eigenvalue weighted by molar-refractivity contribution is 5.32. The molecule has 1 saturated heterocycles. The lowest BCUT2D eigenvalue weighted by Gasteiger charge is -2.43. The summed E-state index contributed by atoms with van der Waals surface area (Å²) in [5.74, 6) is 0.757. The van der Waals surface area contributed by atoms with Crippen LogP contribution in [0, 0.1) is 5.92 Å². The van der Waals surface area contributed by atoms with E-state index in [4.69, 9.17) is 0 Å². The number of nitrogens with zero attached hydrogens (tertiary/aromatic N) is 1. The van der Waals surface area contributed by atoms with Crippen LogP contribution in [0.5, 0.6) is 0 Å². The molecule has 1 aliphatic heterocycles. The van der Waals surface area contributed by atoms with Crippen LogP contribution >= 0.6 is 0 Å². The monoisotopic (exact) mass is 258 g/mol. The minimum absolute atomic E-state index is 0.671. The molecule has 2 heteroatoms. The van der Waals surface area contributed by atoms with Gasteiger partial charge in [0, 0.05) is 25.2 Å². The molecule has 1 aliphatic carbocycles. The molecule has 0 amide bonds. The number of nitrogens with one attached hydrogen (secondary N) is 1. The van der Waals surface area contributed by atoms with E-state index in [9.17, 15) is 0 Å². The minimum Gasteiger partial charge on any atom is -0.317 e. The third-order valence-corrected chi connectivity index (χ3v) is 5.09. The first kappa shape index (κ1) is 13.1. The Labute approximate surface area is 117 Å². The third-order valence-electron chi connectivity index (χ3n) is 5.09. The molecule has 0 bridgehead atoms. The number of fused-ring (bicyclic) bond motifs is 1. The number of hydrogen-bond acceptors (Lipinski definition) is 2. The van der Waals surface area contributed by atoms with E-state index in [1.54, 1.807) is 11.1 Å². The highest BCUT2D eigenvalue weighted by Crippen LogP contribution is 2.36. The second-order valence-electron chi connectivity index (χ2n) is 6.26. The molecule has 0 radical (unpaired) electrons. The fraction of sp³-hybridized carbons (Fsp3) is 0.647. The van der Waals surface area contributed by atoms with Gasteiger partial charge >= 0.3 is 0 Å². The van der Waals surface area contributed by atoms with Gasteiger partial charge in [-0.1, -0.05) is 31.2 Å². The van der Waals surface area contributed by atoms with Crippen LogP contribution in [0.3, 0.4) is 0 Å². The summed E-state index contributed by atoms with van der Waals surface area (Å²) in [5, 5.41) is 3.47. The fourth-order valence-electron chi connectivity index (χ4n) is 4.00. The average Bonchev–Trinajstić information content (AvgIpc) is 2.46. The highest BCUT2D eigenvalue weighted by atomic mass is 15.2. The standard InChI is InChI=1S/C17H26N2/c1-13-12-19(11-10-16(13)18-2)17-9-5-7-14-6-3-4-8-15(14)17/h3-4,6,8,13,16-18H,5,7,9-12H2,1-2H3. The summed E-state index contributed by atoms with van der Waals surface area (Å²) >= 11 is 0. The van der Waals surface area contributed by atoms with Crippen LogP contribution < -0.4 is 5.32 Å². The third kappa shape index (κ3) is 2.56. The van der Waals surface area contributed by atoms with Crippen LogP contribution in [-0.2, 0) is 6.42 Å². The van der Waals surface area contributed by atoms with Crippen molar-refractivity contribution >= 4 is 0 Å². The molecule has 19 heavy (non-hydrogen) atoms. The lowest BCUT2D eigenvalue weighted by Crippen LogP contribution is -2.48. The van der Waals surface area contributed by atoms with Gasteiger partial charge < -0.3 is 5.32 Å². The van der Waals surface area contributed by atoms with E-state index in [0.29, 0.717) is 12.1 Å². The summed E-state index contributed by atoms with van der Waals surface area (Å²) in [6.07, 6.45) is 5.25. The molecule has 1 heterocycles. The summed E-state index contributed by atoms with van der Waals surface area (Å²) in [4.78, 5) is 2.73. The maximum absolute atomic E-state index is 3.47. The Morgan fingerprint density at radius 2 is 2.05 bits per heavy atom. The van der Waals surface area contributed by atoms with Gasteiger partial charge in [-0.3, -0.25) is 4.90 Å². The SMILES string of the molecule is CNC1CCN(C2CCCc3ccccc32)CC1C. The Morgan fingerprint density at radius 1 is 1.21 bits per heavy atom. The van der Waals surface area contributed by atoms with Crippen molar-refractivity contribution in [2.45, 2.75) is 44.7 Å². The van der Waals surface area contributed by atoms with Gasteiger partial charge in [0.2, 0.25) is 0 Å². The molecular formula is C17H26N2. The van der Waals surface area contributed by atoms with Crippen molar-refractivity contribution < 1.29 is 0 Å². The summed E-state index contributed by atoms with van der Waals surface area (Å²) < 4.78 is 0. The van der Waals surface area contributed by atoms with Crippen LogP contribution in [0.1, 0.15) is 43.4 Å². The van der Waals surface area contributed by atoms with E-state index in [2.05, 4.69) is 48.5 Å². The first-order chi connectivity index (χ1) is 9.29. The largest absolute Gasteiger partial charge is 0.317 e. The van der Waals surface area contributed by atoms with Gasteiger partial charge in [-0.15, -0.1) is 0 Å². The fourth-order valence-corrected chi connectivity index (χ4v) is 4.00. The number of benzene rings is 1. The van der Waals surface area contributed by atoms with Crippen LogP contribution in [-0.4, -0.2) is 31.1 Å². The van der Waals surface area contributed by atoms with Gasteiger partial charge in [-0.05, 0) is 49.8 Å². The predicted octanol–water partition coefficient (Wildman–Crippen LogP) is 2.99. The first-order valence-electron chi connectivity index (χ1n) is 7.78. The lowest BCUT2D eigenvalue weighted by molar-refractivity contribution is 0.0967. The topological polar surface area (TPSA) is 15.3 Å². The second kappa shape index (κ2) is 5.64. The molecule has 1 fully saturated rings. The quantitative estimate of drug-likeness (QED) is 0.877. The molecule has 104 valence electrons. The normalized spacial score (nSPS) is 32.0. The van der Waals surface area contributed by atoms with E-state index < -0.39 is 0 Å². The van der Waals surface area contributed by atoms with E-state index in [1.165, 1.54) is 38.8 Å². The summed E-state index contributed by atoms with van der Waals surface area (Å²) in [6, 6.07) is 10.5. The number of likely N-dealkylation sites (tertiary alicyclic amines) is 1. The Bertz CT molecular complexity index is 429. The molecule has 3 atom stereocenters. The number of piperidine rings is 1. The van der Waals surface area contributed by atoms with Gasteiger partial charge in [0.25, 0.3) is 0 Å². The smallest absolute Gasteiger partial charge is 0.0351 e. The van der Waals surface area contributed by atoms with Gasteiger partial charge in [0.1, 0.15) is 0 Å². The molecule has 1 aromatic carbocycles. The van der Waals surface area contributed by atoms with Crippen LogP contribution in [0.15, 0.2) is 24.3 Å². The number of rotatable bonds is 2. The number of aryl methyl sites for hydroxylation is 1. The number of hydrogen-bond donors (Lipinski definition) is 1. The molecule has 2 nitrogen and oxygen atoms in total. The molecule has 0 saturated carbocycles. The van der Waals surface area contributed by atoms with Crippen molar-refractivity contribution in [1.82, 2.24) is 10.2 Å². The zero-order valence-corrected chi connectivity index (χ0v) is 12.2. The van der Waals surface area contributed by atoms with Gasteiger partial charge in [-0.2, -0.15) is 0 Å². The van der Waals surface area contributed by atoms with Crippen molar-refractivity contribution in [3.05, 3.63) is 35.4 Å². The average molecular weight is 258 g/mol. The van der Waals surface area contributed by atoms with Gasteiger partial charge in [0.05, 0.1) is 0 Å². The molecule has 0 aromatic heterocycles. The van der Waals surface area contributed by atoms with Gasteiger partial charge in [0.15, 0.2) is 0 Å². The molecule has 1 aromatic rings. The van der Waals surface area contributed by atoms with Crippen molar-refractivity contribution in [1.29, 1.82) is 0 Å². The van der Waals surface area contributed by atoms with E-state index in [1.807, 2.05) is 0 Å². The molecule has 3 unspecified atom stereocenters. The van der Waals surface area contributed by atoms with Crippen molar-refractivity contribution in [3.63, 3.8) is 0 Å². The summed E-state index contributed by atoms with van der Waals surface area (Å²) in [5.41, 5.74) is 3.19. The predicted molar refractivity (Wildman–Crippen MR) is 80.3 cm³/mol. The second-order valence-corrected chi connectivity index (χ2v) is 6.26. The first-order valence-corrected chi connectivity index (χ1v) is 7.78. The van der Waals surface area contributed by atoms with Gasteiger partial charge in [-0.25, -0.2) is 0 Å². The minimum atomic E-state index is 0.671. The Balaban J connectivity index is 1.77. The Morgan fingerprint density at radius 3 is 2.84 bits per heavy atom. The maximum atomic E-state index is 3.47. The van der Waals surface area contributed by atoms with Crippen LogP contribution in [0.4, 0.5) is 0 Å². The Kier molecular flexibility index (Phi) is 3.90. The maximum Gasteiger partial charge on any atom is 0.0351 e. The highest BCUT2D eigenvalue weighted by Gasteiger charge is 2.31. The molecule has 0 spiro atoms. The zero-order valence-electron chi connectivity index (χ0n) is 12.2. The van der Waals surface area contributed by atoms with Crippen LogP contribution in [0.25, 0.3) is 0 Å². The summed E-state index contributed by atoms with van der Waals surface area (Å²) in [7, 11) is 2.10. The van der Waals surface area contributed by atoms with Crippen molar-refractivity contribution in [2.24, 2.45) is 5.92 Å². The van der Waals surface area contributed by atoms with E-state index >= 15 is 0 Å². The lowest BCUT2D eigenvalue weighted by atomic mass is 9.84.